The predicted molar refractivity (Wildman–Crippen MR) is 54.8 cm³/mol. The van der Waals surface area contributed by atoms with E-state index in [0.717, 1.165) is 0 Å². The van der Waals surface area contributed by atoms with Gasteiger partial charge in [0, 0.05) is 10.7 Å². The van der Waals surface area contributed by atoms with Crippen LogP contribution < -0.4 is 5.32 Å². The minimum absolute atomic E-state index is 0.196. The summed E-state index contributed by atoms with van der Waals surface area (Å²) in [5.41, 5.74) is -2.50. The van der Waals surface area contributed by atoms with Crippen LogP contribution in [0.15, 0.2) is 24.3 Å². The van der Waals surface area contributed by atoms with Crippen LogP contribution in [-0.2, 0) is 9.53 Å². The quantitative estimate of drug-likeness (QED) is 0.835. The molecule has 1 fully saturated rings. The van der Waals surface area contributed by atoms with E-state index < -0.39 is 24.3 Å². The van der Waals surface area contributed by atoms with Crippen molar-refractivity contribution in [3.8, 4) is 0 Å². The zero-order chi connectivity index (χ0) is 12.7. The van der Waals surface area contributed by atoms with Crippen LogP contribution in [0.3, 0.4) is 0 Å². The van der Waals surface area contributed by atoms with Gasteiger partial charge in [-0.3, -0.25) is 4.79 Å². The molecule has 92 valence electrons. The van der Waals surface area contributed by atoms with E-state index in [4.69, 9.17) is 11.6 Å². The predicted octanol–water partition coefficient (Wildman–Crippen LogP) is 2.61. The zero-order valence-electron chi connectivity index (χ0n) is 8.34. The fourth-order valence-corrected chi connectivity index (χ4v) is 1.48. The highest BCUT2D eigenvalue weighted by Crippen LogP contribution is 2.44. The average molecular weight is 266 g/mol. The molecule has 1 aromatic rings. The van der Waals surface area contributed by atoms with Crippen molar-refractivity contribution >= 4 is 23.2 Å². The van der Waals surface area contributed by atoms with Gasteiger partial charge >= 0.3 is 6.18 Å². The molecule has 1 N–H and O–H groups in total. The summed E-state index contributed by atoms with van der Waals surface area (Å²) in [6.45, 7) is -0.650. The Morgan fingerprint density at radius 1 is 1.47 bits per heavy atom. The van der Waals surface area contributed by atoms with Gasteiger partial charge in [-0.15, -0.1) is 0 Å². The molecule has 1 saturated heterocycles. The smallest absolute Gasteiger partial charge is 0.351 e. The highest BCUT2D eigenvalue weighted by molar-refractivity contribution is 6.30. The van der Waals surface area contributed by atoms with E-state index >= 15 is 0 Å². The summed E-state index contributed by atoms with van der Waals surface area (Å²) in [7, 11) is 0. The molecular formula is C10H7ClF3NO2. The Morgan fingerprint density at radius 2 is 2.12 bits per heavy atom. The molecule has 0 unspecified atom stereocenters. The van der Waals surface area contributed by atoms with Crippen LogP contribution in [-0.4, -0.2) is 24.3 Å². The maximum absolute atomic E-state index is 12.5. The average Bonchev–Trinajstić information content (AvgIpc) is 2.96. The second kappa shape index (κ2) is 3.89. The van der Waals surface area contributed by atoms with Crippen molar-refractivity contribution in [1.29, 1.82) is 0 Å². The molecule has 1 amide bonds. The Kier molecular flexibility index (Phi) is 2.79. The Balaban J connectivity index is 2.13. The number of epoxide rings is 1. The first-order valence-electron chi connectivity index (χ1n) is 4.63. The number of hydrogen-bond acceptors (Lipinski definition) is 2. The fourth-order valence-electron chi connectivity index (χ4n) is 1.29. The van der Waals surface area contributed by atoms with Gasteiger partial charge < -0.3 is 10.1 Å². The van der Waals surface area contributed by atoms with Gasteiger partial charge in [0.1, 0.15) is 0 Å². The lowest BCUT2D eigenvalue weighted by Crippen LogP contribution is -2.44. The number of carbonyl (C=O) groups excluding carboxylic acids is 1. The topological polar surface area (TPSA) is 41.6 Å². The van der Waals surface area contributed by atoms with Crippen molar-refractivity contribution < 1.29 is 22.7 Å². The van der Waals surface area contributed by atoms with E-state index in [1.54, 1.807) is 6.07 Å². The van der Waals surface area contributed by atoms with Gasteiger partial charge in [0.25, 0.3) is 11.5 Å². The van der Waals surface area contributed by atoms with Crippen LogP contribution in [0.1, 0.15) is 0 Å². The van der Waals surface area contributed by atoms with Crippen LogP contribution >= 0.6 is 11.6 Å². The SMILES string of the molecule is O=C(Nc1cccc(Cl)c1)[C@]1(C(F)(F)F)CO1. The van der Waals surface area contributed by atoms with Crippen molar-refractivity contribution in [2.24, 2.45) is 0 Å². The van der Waals surface area contributed by atoms with Crippen molar-refractivity contribution in [2.75, 3.05) is 11.9 Å². The van der Waals surface area contributed by atoms with Crippen LogP contribution in [0.25, 0.3) is 0 Å². The first-order chi connectivity index (χ1) is 7.85. The summed E-state index contributed by atoms with van der Waals surface area (Å²) >= 11 is 5.64. The molecule has 1 aliphatic rings. The largest absolute Gasteiger partial charge is 0.429 e. The first kappa shape index (κ1) is 12.2. The van der Waals surface area contributed by atoms with Crippen molar-refractivity contribution in [3.05, 3.63) is 29.3 Å². The third-order valence-electron chi connectivity index (χ3n) is 2.34. The Bertz CT molecular complexity index is 457. The van der Waals surface area contributed by atoms with Crippen molar-refractivity contribution in [1.82, 2.24) is 0 Å². The number of hydrogen-bond donors (Lipinski definition) is 1. The first-order valence-corrected chi connectivity index (χ1v) is 5.01. The maximum atomic E-state index is 12.5. The van der Waals surface area contributed by atoms with Crippen molar-refractivity contribution in [2.45, 2.75) is 11.8 Å². The molecule has 3 nitrogen and oxygen atoms in total. The number of nitrogens with one attached hydrogen (secondary N) is 1. The number of halogens is 4. The number of benzene rings is 1. The molecular weight excluding hydrogens is 259 g/mol. The standard InChI is InChI=1S/C10H7ClF3NO2/c11-6-2-1-3-7(4-6)15-8(16)9(5-17-9)10(12,13)14/h1-4H,5H2,(H,15,16)/t9-/m0/s1. The molecule has 0 radical (unpaired) electrons. The van der Waals surface area contributed by atoms with Gasteiger partial charge in [-0.25, -0.2) is 0 Å². The summed E-state index contributed by atoms with van der Waals surface area (Å²) in [6.07, 6.45) is -4.71. The highest BCUT2D eigenvalue weighted by Gasteiger charge is 2.71. The molecule has 1 aromatic carbocycles. The molecule has 0 saturated carbocycles. The van der Waals surface area contributed by atoms with Crippen LogP contribution in [0.4, 0.5) is 18.9 Å². The minimum Gasteiger partial charge on any atom is -0.351 e. The zero-order valence-corrected chi connectivity index (χ0v) is 9.10. The maximum Gasteiger partial charge on any atom is 0.429 e. The third kappa shape index (κ3) is 2.23. The second-order valence-corrected chi connectivity index (χ2v) is 4.01. The third-order valence-corrected chi connectivity index (χ3v) is 2.58. The summed E-state index contributed by atoms with van der Waals surface area (Å²) < 4.78 is 41.8. The molecule has 1 aliphatic heterocycles. The van der Waals surface area contributed by atoms with E-state index in [1.807, 2.05) is 0 Å². The Morgan fingerprint density at radius 3 is 2.59 bits per heavy atom. The second-order valence-electron chi connectivity index (χ2n) is 3.58. The molecule has 7 heteroatoms. The number of ether oxygens (including phenoxy) is 1. The number of carbonyl (C=O) groups is 1. The molecule has 2 rings (SSSR count). The van der Waals surface area contributed by atoms with E-state index in [-0.39, 0.29) is 5.69 Å². The lowest BCUT2D eigenvalue weighted by Gasteiger charge is -2.15. The monoisotopic (exact) mass is 265 g/mol. The Hall–Kier alpha value is -1.27. The molecule has 0 spiro atoms. The van der Waals surface area contributed by atoms with Crippen molar-refractivity contribution in [3.63, 3.8) is 0 Å². The van der Waals surface area contributed by atoms with Crippen LogP contribution in [0, 0.1) is 0 Å². The number of alkyl halides is 3. The lowest BCUT2D eigenvalue weighted by atomic mass is 10.1. The van der Waals surface area contributed by atoms with E-state index in [0.29, 0.717) is 5.02 Å². The minimum atomic E-state index is -4.71. The Labute approximate surface area is 99.5 Å². The summed E-state index contributed by atoms with van der Waals surface area (Å²) in [4.78, 5) is 11.5. The molecule has 0 aliphatic carbocycles. The normalized spacial score (nSPS) is 23.3. The van der Waals surface area contributed by atoms with Gasteiger partial charge in [0.2, 0.25) is 0 Å². The van der Waals surface area contributed by atoms with Gasteiger partial charge in [-0.2, -0.15) is 13.2 Å². The van der Waals surface area contributed by atoms with Crippen LogP contribution in [0.5, 0.6) is 0 Å². The fraction of sp³-hybridized carbons (Fsp3) is 0.300. The summed E-state index contributed by atoms with van der Waals surface area (Å²) in [5.74, 6) is -1.23. The van der Waals surface area contributed by atoms with E-state index in [1.165, 1.54) is 18.2 Å². The summed E-state index contributed by atoms with van der Waals surface area (Å²) in [5, 5.41) is 2.44. The molecule has 0 bridgehead atoms. The van der Waals surface area contributed by atoms with Gasteiger partial charge in [0.15, 0.2) is 0 Å². The number of rotatable bonds is 2. The van der Waals surface area contributed by atoms with Gasteiger partial charge in [-0.05, 0) is 18.2 Å². The number of anilines is 1. The lowest BCUT2D eigenvalue weighted by molar-refractivity contribution is -0.186. The van der Waals surface area contributed by atoms with Crippen LogP contribution in [0.2, 0.25) is 5.02 Å². The highest BCUT2D eigenvalue weighted by atomic mass is 35.5. The van der Waals surface area contributed by atoms with Gasteiger partial charge in [0.05, 0.1) is 6.61 Å². The molecule has 1 heterocycles. The summed E-state index contributed by atoms with van der Waals surface area (Å²) in [6, 6.07) is 5.86. The van der Waals surface area contributed by atoms with Gasteiger partial charge in [-0.1, -0.05) is 17.7 Å². The van der Waals surface area contributed by atoms with E-state index in [9.17, 15) is 18.0 Å². The van der Waals surface area contributed by atoms with E-state index in [2.05, 4.69) is 10.1 Å². The molecule has 0 aromatic heterocycles. The number of amides is 1. The molecule has 17 heavy (non-hydrogen) atoms. The molecule has 1 atom stereocenters.